The quantitative estimate of drug-likeness (QED) is 0.853. The van der Waals surface area contributed by atoms with Crippen LogP contribution in [-0.2, 0) is 9.53 Å². The van der Waals surface area contributed by atoms with E-state index in [1.54, 1.807) is 7.11 Å². The van der Waals surface area contributed by atoms with Crippen LogP contribution >= 0.6 is 0 Å². The van der Waals surface area contributed by atoms with Crippen molar-refractivity contribution in [2.24, 2.45) is 0 Å². The van der Waals surface area contributed by atoms with Crippen LogP contribution in [0.2, 0.25) is 0 Å². The fourth-order valence-corrected chi connectivity index (χ4v) is 3.19. The van der Waals surface area contributed by atoms with E-state index >= 15 is 0 Å². The number of aromatic nitrogens is 2. The Morgan fingerprint density at radius 1 is 1.08 bits per heavy atom. The fraction of sp³-hybridized carbons (Fsp3) is 0.421. The normalized spacial score (nSPS) is 16.0. The average Bonchev–Trinajstić information content (AvgIpc) is 2.62. The lowest BCUT2D eigenvalue weighted by molar-refractivity contribution is -0.142. The Morgan fingerprint density at radius 3 is 2.36 bits per heavy atom. The standard InChI is InChI=1S/C19H24N4O2/c1-14-13-17(21-15(2)20-14)22-9-11-23(12-10-22)19(24)18(25-3)16-7-5-4-6-8-16/h4-8,13,18H,9-12H2,1-3H3. The van der Waals surface area contributed by atoms with Crippen molar-refractivity contribution in [3.05, 3.63) is 53.5 Å². The van der Waals surface area contributed by atoms with Gasteiger partial charge in [-0.25, -0.2) is 9.97 Å². The molecule has 1 aliphatic heterocycles. The van der Waals surface area contributed by atoms with Gasteiger partial charge < -0.3 is 14.5 Å². The lowest BCUT2D eigenvalue weighted by atomic mass is 10.1. The summed E-state index contributed by atoms with van der Waals surface area (Å²) < 4.78 is 5.47. The van der Waals surface area contributed by atoms with E-state index in [4.69, 9.17) is 4.74 Å². The molecule has 6 heteroatoms. The number of anilines is 1. The predicted molar refractivity (Wildman–Crippen MR) is 96.5 cm³/mol. The van der Waals surface area contributed by atoms with Gasteiger partial charge >= 0.3 is 0 Å². The lowest BCUT2D eigenvalue weighted by Crippen LogP contribution is -2.50. The smallest absolute Gasteiger partial charge is 0.256 e. The van der Waals surface area contributed by atoms with Crippen LogP contribution in [0.3, 0.4) is 0 Å². The van der Waals surface area contributed by atoms with E-state index in [0.29, 0.717) is 13.1 Å². The van der Waals surface area contributed by atoms with Gasteiger partial charge in [0.1, 0.15) is 11.6 Å². The summed E-state index contributed by atoms with van der Waals surface area (Å²) in [5, 5.41) is 0. The number of benzene rings is 1. The number of rotatable bonds is 4. The molecule has 2 heterocycles. The van der Waals surface area contributed by atoms with Crippen LogP contribution < -0.4 is 4.90 Å². The van der Waals surface area contributed by atoms with Crippen LogP contribution in [0.4, 0.5) is 5.82 Å². The number of ether oxygens (including phenoxy) is 1. The zero-order chi connectivity index (χ0) is 17.8. The van der Waals surface area contributed by atoms with Crippen molar-refractivity contribution in [1.29, 1.82) is 0 Å². The number of amides is 1. The Kier molecular flexibility index (Phi) is 5.28. The van der Waals surface area contributed by atoms with Crippen molar-refractivity contribution >= 4 is 11.7 Å². The first-order valence-corrected chi connectivity index (χ1v) is 8.52. The third-order valence-electron chi connectivity index (χ3n) is 4.43. The Bertz CT molecular complexity index is 707. The molecule has 2 aromatic rings. The summed E-state index contributed by atoms with van der Waals surface area (Å²) in [6, 6.07) is 11.6. The van der Waals surface area contributed by atoms with Gasteiger partial charge in [0.05, 0.1) is 0 Å². The molecule has 1 aromatic carbocycles. The summed E-state index contributed by atoms with van der Waals surface area (Å²) in [4.78, 5) is 25.8. The molecule has 1 saturated heterocycles. The van der Waals surface area contributed by atoms with Gasteiger partial charge in [-0.05, 0) is 19.4 Å². The van der Waals surface area contributed by atoms with E-state index in [1.165, 1.54) is 0 Å². The SMILES string of the molecule is COC(C(=O)N1CCN(c2cc(C)nc(C)n2)CC1)c1ccccc1. The zero-order valence-corrected chi connectivity index (χ0v) is 15.0. The number of nitrogens with zero attached hydrogens (tertiary/aromatic N) is 4. The van der Waals surface area contributed by atoms with Crippen molar-refractivity contribution in [3.63, 3.8) is 0 Å². The first kappa shape index (κ1) is 17.4. The van der Waals surface area contributed by atoms with Crippen molar-refractivity contribution < 1.29 is 9.53 Å². The Labute approximate surface area is 148 Å². The molecule has 25 heavy (non-hydrogen) atoms. The van der Waals surface area contributed by atoms with Gasteiger partial charge in [-0.1, -0.05) is 30.3 Å². The van der Waals surface area contributed by atoms with Crippen molar-refractivity contribution in [2.75, 3.05) is 38.2 Å². The van der Waals surface area contributed by atoms with Gasteiger partial charge in [-0.15, -0.1) is 0 Å². The lowest BCUT2D eigenvalue weighted by Gasteiger charge is -2.36. The van der Waals surface area contributed by atoms with Crippen molar-refractivity contribution in [2.45, 2.75) is 20.0 Å². The maximum atomic E-state index is 12.8. The van der Waals surface area contributed by atoms with Crippen LogP contribution in [-0.4, -0.2) is 54.1 Å². The molecule has 3 rings (SSSR count). The molecule has 1 aliphatic rings. The highest BCUT2D eigenvalue weighted by Crippen LogP contribution is 2.21. The van der Waals surface area contributed by atoms with Gasteiger partial charge in [-0.3, -0.25) is 4.79 Å². The highest BCUT2D eigenvalue weighted by atomic mass is 16.5. The molecule has 0 bridgehead atoms. The third kappa shape index (κ3) is 3.96. The highest BCUT2D eigenvalue weighted by Gasteiger charge is 2.29. The monoisotopic (exact) mass is 340 g/mol. The number of aryl methyl sites for hydroxylation is 2. The Hall–Kier alpha value is -2.47. The summed E-state index contributed by atoms with van der Waals surface area (Å²) in [5.74, 6) is 1.73. The average molecular weight is 340 g/mol. The zero-order valence-electron chi connectivity index (χ0n) is 15.0. The van der Waals surface area contributed by atoms with Gasteiger partial charge in [0.2, 0.25) is 0 Å². The molecule has 0 saturated carbocycles. The second-order valence-electron chi connectivity index (χ2n) is 6.25. The Morgan fingerprint density at radius 2 is 1.76 bits per heavy atom. The summed E-state index contributed by atoms with van der Waals surface area (Å²) in [7, 11) is 1.58. The number of carbonyl (C=O) groups is 1. The van der Waals surface area contributed by atoms with Crippen LogP contribution in [0.5, 0.6) is 0 Å². The molecule has 1 aromatic heterocycles. The first-order chi connectivity index (χ1) is 12.1. The number of carbonyl (C=O) groups excluding carboxylic acids is 1. The second kappa shape index (κ2) is 7.61. The van der Waals surface area contributed by atoms with Crippen LogP contribution in [0.25, 0.3) is 0 Å². The summed E-state index contributed by atoms with van der Waals surface area (Å²) in [6.45, 7) is 6.71. The first-order valence-electron chi connectivity index (χ1n) is 8.52. The Balaban J connectivity index is 1.66. The van der Waals surface area contributed by atoms with Crippen molar-refractivity contribution in [1.82, 2.24) is 14.9 Å². The number of methoxy groups -OCH3 is 1. The molecule has 132 valence electrons. The summed E-state index contributed by atoms with van der Waals surface area (Å²) >= 11 is 0. The molecular formula is C19H24N4O2. The molecule has 1 fully saturated rings. The fourth-order valence-electron chi connectivity index (χ4n) is 3.19. The number of piperazine rings is 1. The van der Waals surface area contributed by atoms with E-state index in [2.05, 4.69) is 14.9 Å². The minimum atomic E-state index is -0.545. The van der Waals surface area contributed by atoms with Crippen molar-refractivity contribution in [3.8, 4) is 0 Å². The largest absolute Gasteiger partial charge is 0.367 e. The molecule has 0 N–H and O–H groups in total. The maximum absolute atomic E-state index is 12.8. The summed E-state index contributed by atoms with van der Waals surface area (Å²) in [5.41, 5.74) is 1.85. The highest BCUT2D eigenvalue weighted by molar-refractivity contribution is 5.82. The summed E-state index contributed by atoms with van der Waals surface area (Å²) in [6.07, 6.45) is -0.545. The van der Waals surface area contributed by atoms with E-state index in [9.17, 15) is 4.79 Å². The van der Waals surface area contributed by atoms with E-state index in [0.717, 1.165) is 36.0 Å². The third-order valence-corrected chi connectivity index (χ3v) is 4.43. The topological polar surface area (TPSA) is 58.6 Å². The predicted octanol–water partition coefficient (Wildman–Crippen LogP) is 2.13. The number of hydrogen-bond donors (Lipinski definition) is 0. The maximum Gasteiger partial charge on any atom is 0.256 e. The van der Waals surface area contributed by atoms with Gasteiger partial charge in [0.15, 0.2) is 6.10 Å². The molecule has 1 amide bonds. The minimum Gasteiger partial charge on any atom is -0.367 e. The van der Waals surface area contributed by atoms with Crippen LogP contribution in [0.1, 0.15) is 23.2 Å². The number of hydrogen-bond acceptors (Lipinski definition) is 5. The second-order valence-corrected chi connectivity index (χ2v) is 6.25. The molecule has 0 radical (unpaired) electrons. The van der Waals surface area contributed by atoms with Crippen LogP contribution in [0, 0.1) is 13.8 Å². The molecular weight excluding hydrogens is 316 g/mol. The molecule has 0 spiro atoms. The minimum absolute atomic E-state index is 0.0170. The van der Waals surface area contributed by atoms with E-state index in [1.807, 2.05) is 55.1 Å². The molecule has 1 unspecified atom stereocenters. The van der Waals surface area contributed by atoms with E-state index < -0.39 is 6.10 Å². The molecule has 0 aliphatic carbocycles. The van der Waals surface area contributed by atoms with Crippen LogP contribution in [0.15, 0.2) is 36.4 Å². The molecule has 1 atom stereocenters. The van der Waals surface area contributed by atoms with E-state index in [-0.39, 0.29) is 5.91 Å². The van der Waals surface area contributed by atoms with Gasteiger partial charge in [-0.2, -0.15) is 0 Å². The van der Waals surface area contributed by atoms with Gasteiger partial charge in [0.25, 0.3) is 5.91 Å². The van der Waals surface area contributed by atoms with Gasteiger partial charge in [0, 0.05) is 45.0 Å². The molecule has 6 nitrogen and oxygen atoms in total.